The maximum atomic E-state index is 15.0. The Bertz CT molecular complexity index is 4110. The molecule has 2 bridgehead atoms. The van der Waals surface area contributed by atoms with Crippen molar-refractivity contribution in [2.75, 3.05) is 165 Å². The summed E-state index contributed by atoms with van der Waals surface area (Å²) in [6.07, 6.45) is 3.55. The van der Waals surface area contributed by atoms with Gasteiger partial charge in [0.25, 0.3) is 0 Å². The smallest absolute Gasteiger partial charge is 0.445 e. The predicted molar refractivity (Wildman–Crippen MR) is 411 cm³/mol. The molecule has 6 unspecified atom stereocenters. The van der Waals surface area contributed by atoms with Crippen LogP contribution in [0.15, 0.2) is 48.8 Å². The van der Waals surface area contributed by atoms with E-state index in [1.165, 1.54) is 30.0 Å². The van der Waals surface area contributed by atoms with Crippen molar-refractivity contribution in [1.82, 2.24) is 41.0 Å². The number of anilines is 3. The van der Waals surface area contributed by atoms with E-state index in [1.54, 1.807) is 66.4 Å². The van der Waals surface area contributed by atoms with Gasteiger partial charge in [-0.3, -0.25) is 39.1 Å². The molecule has 0 spiro atoms. The third-order valence-electron chi connectivity index (χ3n) is 20.2. The van der Waals surface area contributed by atoms with Crippen molar-refractivity contribution in [3.63, 3.8) is 0 Å². The van der Waals surface area contributed by atoms with Crippen molar-refractivity contribution in [3.05, 3.63) is 76.6 Å². The van der Waals surface area contributed by atoms with Gasteiger partial charge in [-0.1, -0.05) is 41.9 Å². The Morgan fingerprint density at radius 3 is 1.69 bits per heavy atom. The lowest BCUT2D eigenvalue weighted by molar-refractivity contribution is -0.205. The molecule has 5 aromatic rings. The number of ether oxygens (including phenoxy) is 9. The molecule has 3 saturated carbocycles. The Hall–Kier alpha value is -7.41. The summed E-state index contributed by atoms with van der Waals surface area (Å²) in [4.78, 5) is 141. The number of phosphoric ester groups is 1. The number of amides is 9. The summed E-state index contributed by atoms with van der Waals surface area (Å²) in [6.45, 7) is 13.0. The highest BCUT2D eigenvalue weighted by Crippen LogP contribution is 2.75. The first-order chi connectivity index (χ1) is 52.7. The number of rotatable bonds is 45. The van der Waals surface area contributed by atoms with Crippen LogP contribution >= 0.6 is 47.0 Å². The van der Waals surface area contributed by atoms with Crippen molar-refractivity contribution in [3.8, 4) is 11.5 Å². The van der Waals surface area contributed by atoms with Gasteiger partial charge in [0.05, 0.1) is 113 Å². The van der Waals surface area contributed by atoms with Crippen molar-refractivity contribution >= 4 is 134 Å². The first kappa shape index (κ1) is 85.0. The Morgan fingerprint density at radius 1 is 0.700 bits per heavy atom. The van der Waals surface area contributed by atoms with Crippen LogP contribution in [0.2, 0.25) is 0 Å². The summed E-state index contributed by atoms with van der Waals surface area (Å²) in [6, 6.07) is 6.74. The van der Waals surface area contributed by atoms with Crippen LogP contribution in [0.4, 0.5) is 31.4 Å². The lowest BCUT2D eigenvalue weighted by Crippen LogP contribution is -2.73. The number of halogens is 3. The Morgan fingerprint density at radius 2 is 1.20 bits per heavy atom. The highest BCUT2D eigenvalue weighted by atomic mass is 79.9. The van der Waals surface area contributed by atoms with Crippen molar-refractivity contribution in [2.45, 2.75) is 109 Å². The molecule has 33 nitrogen and oxygen atoms in total. The van der Waals surface area contributed by atoms with Crippen molar-refractivity contribution < 1.29 is 99.9 Å². The highest BCUT2D eigenvalue weighted by Gasteiger charge is 2.76. The van der Waals surface area contributed by atoms with Crippen LogP contribution in [0.25, 0.3) is 21.8 Å². The molecular weight excluding hydrogens is 1560 g/mol. The fourth-order valence-corrected chi connectivity index (χ4v) is 15.9. The van der Waals surface area contributed by atoms with Crippen LogP contribution in [0.3, 0.4) is 0 Å². The molecule has 3 aliphatic heterocycles. The Labute approximate surface area is 655 Å². The number of carbonyl (C=O) groups is 8. The van der Waals surface area contributed by atoms with Crippen molar-refractivity contribution in [2.24, 2.45) is 22.5 Å². The lowest BCUT2D eigenvalue weighted by atomic mass is 9.34. The minimum atomic E-state index is -5.00. The molecule has 110 heavy (non-hydrogen) atoms. The Kier molecular flexibility index (Phi) is 30.1. The average molecular weight is 1660 g/mol. The van der Waals surface area contributed by atoms with E-state index in [4.69, 9.17) is 76.1 Å². The van der Waals surface area contributed by atoms with E-state index in [-0.39, 0.29) is 163 Å². The minimum absolute atomic E-state index is 0.0254. The third kappa shape index (κ3) is 21.3. The largest absolute Gasteiger partial charge is 0.524 e. The second-order valence-corrected chi connectivity index (χ2v) is 31.1. The molecule has 6 atom stereocenters. The van der Waals surface area contributed by atoms with E-state index in [9.17, 15) is 52.7 Å². The minimum Gasteiger partial charge on any atom is -0.445 e. The zero-order valence-corrected chi connectivity index (χ0v) is 66.5. The van der Waals surface area contributed by atoms with Gasteiger partial charge in [0, 0.05) is 130 Å². The molecule has 0 radical (unpaired) electrons. The topological polar surface area (TPSA) is 420 Å². The molecule has 2 aromatic heterocycles. The number of benzene rings is 3. The number of urea groups is 1. The van der Waals surface area contributed by atoms with Gasteiger partial charge in [-0.05, 0) is 91.8 Å². The molecule has 6 aliphatic rings. The molecule has 4 fully saturated rings. The number of fused-ring (bicyclic) bond motifs is 6. The van der Waals surface area contributed by atoms with Gasteiger partial charge in [0.2, 0.25) is 29.5 Å². The Balaban J connectivity index is 0.632. The normalized spacial score (nSPS) is 20.0. The van der Waals surface area contributed by atoms with Crippen LogP contribution in [0.1, 0.15) is 92.0 Å². The van der Waals surface area contributed by atoms with Gasteiger partial charge in [-0.2, -0.15) is 0 Å². The molecule has 3 aliphatic carbocycles. The van der Waals surface area contributed by atoms with E-state index in [1.807, 2.05) is 13.8 Å². The van der Waals surface area contributed by atoms with E-state index in [0.717, 1.165) is 33.0 Å². The van der Waals surface area contributed by atoms with E-state index >= 15 is 0 Å². The summed E-state index contributed by atoms with van der Waals surface area (Å²) < 4.78 is 67.6. The number of alkyl halides is 3. The number of primary amides is 1. The second-order valence-electron chi connectivity index (χ2n) is 28.6. The molecular formula is C73H100BrCl2N12O21P. The summed E-state index contributed by atoms with van der Waals surface area (Å²) in [5, 5.41) is 16.3. The van der Waals surface area contributed by atoms with Crippen LogP contribution in [-0.2, 0) is 73.0 Å². The number of hydrogen-bond acceptors (Lipinski definition) is 20. The van der Waals surface area contributed by atoms with Gasteiger partial charge in [0.15, 0.2) is 11.5 Å². The number of aryl methyl sites for hydroxylation is 2. The van der Waals surface area contributed by atoms with Gasteiger partial charge in [-0.25, -0.2) is 18.9 Å². The van der Waals surface area contributed by atoms with Crippen molar-refractivity contribution in [1.29, 1.82) is 0 Å². The summed E-state index contributed by atoms with van der Waals surface area (Å²) in [5.41, 5.74) is 9.61. The quantitative estimate of drug-likeness (QED) is 0.00823. The zero-order chi connectivity index (χ0) is 79.0. The fraction of sp³-hybridized carbons (Fsp3) is 0.589. The summed E-state index contributed by atoms with van der Waals surface area (Å²) in [5.74, 6) is -2.51. The number of nitrogens with two attached hydrogens (primary N) is 1. The van der Waals surface area contributed by atoms with Crippen LogP contribution < -0.4 is 51.4 Å². The first-order valence-electron chi connectivity index (χ1n) is 36.7. The SMILES string of the molecule is Cc1c[nH]c2c(OC(=O)N(C)CCN(C)C(=O)OCc3ccc(NC(=O)C(CCCNC(N)=O)NC(=O)C(NC(=O)CCOCCOCCOCCOCCOCCOCCNC4OC4CBr)C(C)C)cc3)cc3c(c12)C(CCl)CN3C(=O)C12CC(C(=O)N3CC(CCl)c4c3cc(OP(=O)(O)O)c3[nH]cc(C)c43)(C1)C2. The monoisotopic (exact) mass is 1660 g/mol. The molecule has 5 heterocycles. The number of nitrogens with zero attached hydrogens (tertiary/aromatic N) is 4. The number of aromatic amines is 2. The van der Waals surface area contributed by atoms with Crippen LogP contribution in [-0.4, -0.2) is 251 Å². The molecule has 37 heteroatoms. The zero-order valence-electron chi connectivity index (χ0n) is 62.6. The maximum Gasteiger partial charge on any atom is 0.524 e. The fourth-order valence-electron chi connectivity index (χ4n) is 14.5. The van der Waals surface area contributed by atoms with Gasteiger partial charge < -0.3 is 104 Å². The predicted octanol–water partition coefficient (Wildman–Crippen LogP) is 6.86. The van der Waals surface area contributed by atoms with Gasteiger partial charge in [0.1, 0.15) is 31.0 Å². The maximum absolute atomic E-state index is 15.0. The van der Waals surface area contributed by atoms with Gasteiger partial charge in [-0.15, -0.1) is 23.2 Å². The number of likely N-dealkylation sites (N-methyl/N-ethyl adjacent to an activating group) is 2. The number of phosphoric acid groups is 1. The second kappa shape index (κ2) is 38.9. The number of epoxide rings is 1. The number of aromatic nitrogens is 2. The molecule has 604 valence electrons. The molecule has 11 rings (SSSR count). The molecule has 1 saturated heterocycles. The standard InChI is InChI=1S/C73H100BrCl2N12O21P/c1-43(2)61(84-56(89)13-18-100-20-22-102-24-26-104-28-29-105-27-25-103-23-21-101-19-15-78-66-55(32-74)107-66)65(91)83-50(8-7-14-79-69(77)94)64(90)82-49-11-9-46(10-12-49)39-106-70(95)85(5)16-17-86(6)71(96)108-53-30-51-59(57-44(3)35-80-62(53)57)47(33-75)37-87(51)67(92)72-40-73(41-72,42-72)68(93)88-38-48(34-76)60-52(88)31-54(109-110(97,98)99)63-58(60)45(4)36-81-63/h9-12,30-31,35-36,43,47-48,50,55,61,66,78,80-81H,7-8,13-29,32-34,37-42H2,1-6H3,(H,82,90)(H,83,91)(H,84,89)(H3,77,79,94)(H2,97,98,99). The summed E-state index contributed by atoms with van der Waals surface area (Å²) >= 11 is 16.6. The van der Waals surface area contributed by atoms with E-state index in [0.29, 0.717) is 105 Å². The number of hydrogen-bond donors (Lipinski definition) is 10. The first-order valence-corrected chi connectivity index (χ1v) is 40.5. The van der Waals surface area contributed by atoms with Gasteiger partial charge >= 0.3 is 26.0 Å². The van der Waals surface area contributed by atoms with Crippen LogP contribution in [0.5, 0.6) is 11.5 Å². The summed E-state index contributed by atoms with van der Waals surface area (Å²) in [7, 11) is -1.97. The number of carbonyl (C=O) groups excluding carboxylic acids is 8. The number of nitrogens with one attached hydrogen (secondary N) is 7. The molecule has 3 aromatic carbocycles. The average Bonchev–Trinajstić information content (AvgIpc) is 1.04. The molecule has 11 N–H and O–H groups in total. The number of H-pyrrole nitrogens is 2. The van der Waals surface area contributed by atoms with E-state index < -0.39 is 66.7 Å². The highest BCUT2D eigenvalue weighted by molar-refractivity contribution is 9.09. The van der Waals surface area contributed by atoms with E-state index in [2.05, 4.69) is 52.5 Å². The molecule has 9 amide bonds. The third-order valence-corrected chi connectivity index (χ3v) is 22.0. The van der Waals surface area contributed by atoms with Crippen LogP contribution in [0, 0.1) is 30.6 Å². The lowest BCUT2D eigenvalue weighted by Gasteiger charge is -2.69.